The normalized spacial score (nSPS) is 10.9. The molecule has 0 saturated heterocycles. The van der Waals surface area contributed by atoms with Crippen LogP contribution in [-0.2, 0) is 0 Å². The van der Waals surface area contributed by atoms with Gasteiger partial charge < -0.3 is 4.42 Å². The van der Waals surface area contributed by atoms with Crippen molar-refractivity contribution in [1.29, 1.82) is 0 Å². The maximum absolute atomic E-state index is 11.9. The third kappa shape index (κ3) is 3.07. The molecule has 1 N–H and O–H groups in total. The molecule has 112 valence electrons. The molecular formula is C16H15N3O2S. The second-order valence-electron chi connectivity index (χ2n) is 5.12. The monoisotopic (exact) mass is 313 g/mol. The summed E-state index contributed by atoms with van der Waals surface area (Å²) < 4.78 is 5.04. The summed E-state index contributed by atoms with van der Waals surface area (Å²) in [5.74, 6) is 0.410. The van der Waals surface area contributed by atoms with E-state index in [9.17, 15) is 4.79 Å². The SMILES string of the molecule is CC(C)c1ccc(-c2nnc(NC(=O)c3ccco3)s2)cc1. The molecule has 3 rings (SSSR count). The van der Waals surface area contributed by atoms with Crippen molar-refractivity contribution in [2.75, 3.05) is 5.32 Å². The van der Waals surface area contributed by atoms with Crippen LogP contribution in [0, 0.1) is 0 Å². The van der Waals surface area contributed by atoms with Crippen LogP contribution in [0.15, 0.2) is 47.1 Å². The van der Waals surface area contributed by atoms with Gasteiger partial charge in [0.2, 0.25) is 5.13 Å². The van der Waals surface area contributed by atoms with Crippen molar-refractivity contribution in [2.45, 2.75) is 19.8 Å². The van der Waals surface area contributed by atoms with Crippen LogP contribution >= 0.6 is 11.3 Å². The van der Waals surface area contributed by atoms with Crippen molar-refractivity contribution < 1.29 is 9.21 Å². The molecule has 0 fully saturated rings. The van der Waals surface area contributed by atoms with Gasteiger partial charge in [-0.3, -0.25) is 10.1 Å². The molecular weight excluding hydrogens is 298 g/mol. The van der Waals surface area contributed by atoms with E-state index in [1.54, 1.807) is 12.1 Å². The van der Waals surface area contributed by atoms with Crippen LogP contribution in [0.4, 0.5) is 5.13 Å². The Labute approximate surface area is 132 Å². The van der Waals surface area contributed by atoms with Crippen molar-refractivity contribution in [3.63, 3.8) is 0 Å². The van der Waals surface area contributed by atoms with Gasteiger partial charge in [-0.25, -0.2) is 0 Å². The van der Waals surface area contributed by atoms with Crippen molar-refractivity contribution in [3.05, 3.63) is 54.0 Å². The van der Waals surface area contributed by atoms with E-state index in [1.165, 1.54) is 23.2 Å². The predicted octanol–water partition coefficient (Wildman–Crippen LogP) is 4.17. The van der Waals surface area contributed by atoms with Crippen LogP contribution in [0.3, 0.4) is 0 Å². The summed E-state index contributed by atoms with van der Waals surface area (Å²) in [6.45, 7) is 4.31. The number of hydrogen-bond acceptors (Lipinski definition) is 5. The first-order valence-electron chi connectivity index (χ1n) is 6.92. The summed E-state index contributed by atoms with van der Waals surface area (Å²) in [5.41, 5.74) is 2.26. The van der Waals surface area contributed by atoms with Crippen LogP contribution in [0.5, 0.6) is 0 Å². The predicted molar refractivity (Wildman–Crippen MR) is 86.1 cm³/mol. The number of amides is 1. The van der Waals surface area contributed by atoms with Gasteiger partial charge in [0, 0.05) is 5.56 Å². The van der Waals surface area contributed by atoms with Crippen molar-refractivity contribution in [2.24, 2.45) is 0 Å². The van der Waals surface area contributed by atoms with E-state index in [4.69, 9.17) is 4.42 Å². The molecule has 0 unspecified atom stereocenters. The largest absolute Gasteiger partial charge is 0.459 e. The molecule has 22 heavy (non-hydrogen) atoms. The average molecular weight is 313 g/mol. The Morgan fingerprint density at radius 3 is 2.59 bits per heavy atom. The summed E-state index contributed by atoms with van der Waals surface area (Å²) in [4.78, 5) is 11.9. The highest BCUT2D eigenvalue weighted by Gasteiger charge is 2.13. The highest BCUT2D eigenvalue weighted by molar-refractivity contribution is 7.18. The fourth-order valence-electron chi connectivity index (χ4n) is 1.97. The number of rotatable bonds is 4. The Bertz CT molecular complexity index is 761. The number of nitrogens with zero attached hydrogens (tertiary/aromatic N) is 2. The minimum Gasteiger partial charge on any atom is -0.459 e. The molecule has 2 aromatic heterocycles. The molecule has 0 aliphatic rings. The Morgan fingerprint density at radius 2 is 1.95 bits per heavy atom. The molecule has 0 radical (unpaired) electrons. The second-order valence-corrected chi connectivity index (χ2v) is 6.10. The highest BCUT2D eigenvalue weighted by Crippen LogP contribution is 2.28. The maximum atomic E-state index is 11.9. The van der Waals surface area contributed by atoms with E-state index in [1.807, 2.05) is 12.1 Å². The lowest BCUT2D eigenvalue weighted by Gasteiger charge is -2.04. The van der Waals surface area contributed by atoms with E-state index in [0.29, 0.717) is 11.0 Å². The first-order chi connectivity index (χ1) is 10.6. The van der Waals surface area contributed by atoms with E-state index in [2.05, 4.69) is 41.5 Å². The second kappa shape index (κ2) is 6.11. The van der Waals surface area contributed by atoms with Crippen LogP contribution < -0.4 is 5.32 Å². The van der Waals surface area contributed by atoms with E-state index in [0.717, 1.165) is 10.6 Å². The molecule has 3 aromatic rings. The molecule has 5 nitrogen and oxygen atoms in total. The number of carbonyl (C=O) groups is 1. The number of aromatic nitrogens is 2. The van der Waals surface area contributed by atoms with Gasteiger partial charge in [-0.05, 0) is 23.6 Å². The fraction of sp³-hybridized carbons (Fsp3) is 0.188. The number of anilines is 1. The number of hydrogen-bond donors (Lipinski definition) is 1. The third-order valence-electron chi connectivity index (χ3n) is 3.21. The van der Waals surface area contributed by atoms with E-state index < -0.39 is 0 Å². The molecule has 2 heterocycles. The summed E-state index contributed by atoms with van der Waals surface area (Å²) in [5, 5.41) is 12.0. The van der Waals surface area contributed by atoms with Crippen LogP contribution in [0.25, 0.3) is 10.6 Å². The first-order valence-corrected chi connectivity index (χ1v) is 7.74. The van der Waals surface area contributed by atoms with Crippen molar-refractivity contribution in [3.8, 4) is 10.6 Å². The molecule has 0 bridgehead atoms. The third-order valence-corrected chi connectivity index (χ3v) is 4.10. The lowest BCUT2D eigenvalue weighted by atomic mass is 10.0. The summed E-state index contributed by atoms with van der Waals surface area (Å²) in [6, 6.07) is 11.5. The van der Waals surface area contributed by atoms with Gasteiger partial charge in [0.05, 0.1) is 6.26 Å². The number of carbonyl (C=O) groups excluding carboxylic acids is 1. The minimum atomic E-state index is -0.331. The Kier molecular flexibility index (Phi) is 4.02. The van der Waals surface area contributed by atoms with Gasteiger partial charge in [-0.2, -0.15) is 0 Å². The molecule has 0 saturated carbocycles. The van der Waals surface area contributed by atoms with Crippen LogP contribution in [0.2, 0.25) is 0 Å². The quantitative estimate of drug-likeness (QED) is 0.784. The molecule has 1 aromatic carbocycles. The summed E-state index contributed by atoms with van der Waals surface area (Å²) >= 11 is 1.33. The first kappa shape index (κ1) is 14.5. The topological polar surface area (TPSA) is 68.0 Å². The van der Waals surface area contributed by atoms with Crippen molar-refractivity contribution >= 4 is 22.4 Å². The molecule has 0 aliphatic carbocycles. The van der Waals surface area contributed by atoms with Gasteiger partial charge in [0.15, 0.2) is 5.76 Å². The molecule has 6 heteroatoms. The van der Waals surface area contributed by atoms with Gasteiger partial charge in [0.1, 0.15) is 5.01 Å². The van der Waals surface area contributed by atoms with Crippen LogP contribution in [-0.4, -0.2) is 16.1 Å². The van der Waals surface area contributed by atoms with Gasteiger partial charge >= 0.3 is 0 Å². The van der Waals surface area contributed by atoms with Gasteiger partial charge in [-0.1, -0.05) is 49.4 Å². The molecule has 0 atom stereocenters. The lowest BCUT2D eigenvalue weighted by molar-refractivity contribution is 0.0996. The molecule has 0 spiro atoms. The van der Waals surface area contributed by atoms with E-state index in [-0.39, 0.29) is 11.7 Å². The lowest BCUT2D eigenvalue weighted by Crippen LogP contribution is -2.10. The zero-order chi connectivity index (χ0) is 15.5. The molecule has 1 amide bonds. The van der Waals surface area contributed by atoms with Crippen molar-refractivity contribution in [1.82, 2.24) is 10.2 Å². The van der Waals surface area contributed by atoms with Gasteiger partial charge in [0.25, 0.3) is 5.91 Å². The highest BCUT2D eigenvalue weighted by atomic mass is 32.1. The summed E-state index contributed by atoms with van der Waals surface area (Å²) in [7, 11) is 0. The van der Waals surface area contributed by atoms with E-state index >= 15 is 0 Å². The fourth-order valence-corrected chi connectivity index (χ4v) is 2.71. The maximum Gasteiger partial charge on any atom is 0.293 e. The number of benzene rings is 1. The number of furan rings is 1. The Balaban J connectivity index is 1.74. The van der Waals surface area contributed by atoms with Crippen LogP contribution in [0.1, 0.15) is 35.9 Å². The average Bonchev–Trinajstić information content (AvgIpc) is 3.19. The Hall–Kier alpha value is -2.47. The van der Waals surface area contributed by atoms with Gasteiger partial charge in [-0.15, -0.1) is 10.2 Å². The zero-order valence-electron chi connectivity index (χ0n) is 12.2. The smallest absolute Gasteiger partial charge is 0.293 e. The standard InChI is InChI=1S/C16H15N3O2S/c1-10(2)11-5-7-12(8-6-11)15-18-19-16(22-15)17-14(20)13-4-3-9-21-13/h3-10H,1-2H3,(H,17,19,20). The number of nitrogens with one attached hydrogen (secondary N) is 1. The zero-order valence-corrected chi connectivity index (χ0v) is 13.1. The Morgan fingerprint density at radius 1 is 1.18 bits per heavy atom. The minimum absolute atomic E-state index is 0.248. The molecule has 0 aliphatic heterocycles. The summed E-state index contributed by atoms with van der Waals surface area (Å²) in [6.07, 6.45) is 1.46.